The summed E-state index contributed by atoms with van der Waals surface area (Å²) in [4.78, 5) is 4.85. The molecule has 0 fully saturated rings. The van der Waals surface area contributed by atoms with Crippen molar-refractivity contribution >= 4 is 34.1 Å². The first-order valence-electron chi connectivity index (χ1n) is 34.8. The summed E-state index contributed by atoms with van der Waals surface area (Å²) < 4.78 is 0. The molecule has 0 atom stereocenters. The zero-order valence-electron chi connectivity index (χ0n) is 54.4. The highest BCUT2D eigenvalue weighted by molar-refractivity contribution is 5.91. The summed E-state index contributed by atoms with van der Waals surface area (Å²) in [5.74, 6) is 0. The van der Waals surface area contributed by atoms with E-state index >= 15 is 0 Å². The number of benzene rings is 12. The zero-order valence-corrected chi connectivity index (χ0v) is 54.4. The quantitative estimate of drug-likeness (QED) is 0.0499. The second kappa shape index (κ2) is 28.4. The van der Waals surface area contributed by atoms with E-state index in [2.05, 4.69) is 315 Å². The maximum absolute atomic E-state index is 2.62. The van der Waals surface area contributed by atoms with Gasteiger partial charge in [0.05, 0.1) is 0 Å². The smallest absolute Gasteiger partial charge is 0.0468 e. The van der Waals surface area contributed by atoms with E-state index in [1.54, 1.807) is 5.56 Å². The number of aryl methyl sites for hydroxylation is 2. The highest BCUT2D eigenvalue weighted by atomic mass is 15.1. The molecule has 0 amide bonds. The Kier molecular flexibility index (Phi) is 18.6. The van der Waals surface area contributed by atoms with Crippen LogP contribution < -0.4 is 9.80 Å². The number of fused-ring (bicyclic) bond motifs is 4. The Labute approximate surface area is 554 Å². The molecule has 2 nitrogen and oxygen atoms in total. The molecule has 0 heterocycles. The first-order chi connectivity index (χ1) is 46.0. The average molecular weight is 1210 g/mol. The highest BCUT2D eigenvalue weighted by Gasteiger charge is 2.43. The summed E-state index contributed by atoms with van der Waals surface area (Å²) in [6.45, 7) is 4.66. The molecule has 0 saturated carbocycles. The third-order valence-electron chi connectivity index (χ3n) is 20.2. The summed E-state index contributed by atoms with van der Waals surface area (Å²) in [5.41, 5.74) is 30.3. The predicted molar refractivity (Wildman–Crippen MR) is 398 cm³/mol. The summed E-state index contributed by atoms with van der Waals surface area (Å²) >= 11 is 0. The van der Waals surface area contributed by atoms with Crippen LogP contribution in [0.15, 0.2) is 291 Å². The molecule has 2 aliphatic rings. The van der Waals surface area contributed by atoms with E-state index < -0.39 is 0 Å². The van der Waals surface area contributed by atoms with Gasteiger partial charge in [-0.2, -0.15) is 0 Å². The van der Waals surface area contributed by atoms with E-state index in [9.17, 15) is 0 Å². The van der Waals surface area contributed by atoms with E-state index in [0.29, 0.717) is 0 Å². The molecule has 0 bridgehead atoms. The van der Waals surface area contributed by atoms with Crippen molar-refractivity contribution in [2.45, 2.75) is 122 Å². The molecular formula is C91H86N2. The Morgan fingerprint density at radius 2 is 0.548 bits per heavy atom. The lowest BCUT2D eigenvalue weighted by molar-refractivity contribution is 0.398. The molecule has 0 unspecified atom stereocenters. The Bertz CT molecular complexity index is 4400. The minimum Gasteiger partial charge on any atom is -0.310 e. The van der Waals surface area contributed by atoms with Crippen molar-refractivity contribution in [3.63, 3.8) is 0 Å². The van der Waals surface area contributed by atoms with Gasteiger partial charge in [-0.3, -0.25) is 0 Å². The minimum atomic E-state index is -0.0484. The van der Waals surface area contributed by atoms with Gasteiger partial charge in [0.1, 0.15) is 0 Å². The second-order valence-corrected chi connectivity index (χ2v) is 26.1. The standard InChI is InChI=1S/C91H86N2/c1-3-5-7-9-11-25-61-91(62-26-12-10-8-6-4-2)89-64-77(68-29-19-14-20-30-68)46-58-86(89)87-59-47-78(65-90(87)91)73-43-54-82(55-44-73)93(84-57-60-85(74-31-21-15-22-32-74)88(66-84)75-33-23-16-24-34-75)81-52-41-71(42-53-81)70-39-50-80(51-40-70)92(83-56-45-72-35-36-76(72)63-83)79-48-37-69(38-49-79)67-27-17-13-18-28-67/h13-24,27-34,37-60,63-66H,3-12,25-26,35-36,61-62H2,1-2H3. The van der Waals surface area contributed by atoms with Crippen LogP contribution in [0, 0.1) is 0 Å². The SMILES string of the molecule is CCCCCCCCC1(CCCCCCCC)c2cc(-c3ccccc3)ccc2-c2ccc(-c3ccc(N(c4ccc(-c5ccc(N(c6ccc(-c7ccccc7)cc6)c6ccc7c(c6)CC7)cc5)cc4)c4ccc(-c5ccccc5)c(-c5ccccc5)c4)cc3)cc21. The van der Waals surface area contributed by atoms with Crippen LogP contribution in [0.2, 0.25) is 0 Å². The molecule has 460 valence electrons. The van der Waals surface area contributed by atoms with Gasteiger partial charge in [0, 0.05) is 39.5 Å². The molecule has 0 spiro atoms. The van der Waals surface area contributed by atoms with Crippen LogP contribution in [0.3, 0.4) is 0 Å². The van der Waals surface area contributed by atoms with Gasteiger partial charge in [0.2, 0.25) is 0 Å². The van der Waals surface area contributed by atoms with Gasteiger partial charge in [0.15, 0.2) is 0 Å². The molecule has 12 aromatic rings. The summed E-state index contributed by atoms with van der Waals surface area (Å²) in [6, 6.07) is 109. The number of hydrogen-bond donors (Lipinski definition) is 0. The third kappa shape index (κ3) is 13.1. The molecule has 93 heavy (non-hydrogen) atoms. The highest BCUT2D eigenvalue weighted by Crippen LogP contribution is 2.56. The van der Waals surface area contributed by atoms with Crippen LogP contribution in [0.25, 0.3) is 77.9 Å². The van der Waals surface area contributed by atoms with Crippen molar-refractivity contribution in [2.24, 2.45) is 0 Å². The number of unbranched alkanes of at least 4 members (excludes halogenated alkanes) is 10. The van der Waals surface area contributed by atoms with E-state index in [-0.39, 0.29) is 5.41 Å². The molecule has 2 heteroatoms. The van der Waals surface area contributed by atoms with E-state index in [1.165, 1.54) is 190 Å². The van der Waals surface area contributed by atoms with Crippen LogP contribution in [0.4, 0.5) is 34.1 Å². The van der Waals surface area contributed by atoms with Gasteiger partial charge in [0.25, 0.3) is 0 Å². The van der Waals surface area contributed by atoms with Crippen LogP contribution in [0.5, 0.6) is 0 Å². The number of rotatable bonds is 26. The van der Waals surface area contributed by atoms with E-state index in [1.807, 2.05) is 0 Å². The van der Waals surface area contributed by atoms with Crippen molar-refractivity contribution < 1.29 is 0 Å². The Morgan fingerprint density at radius 1 is 0.237 bits per heavy atom. The molecule has 12 aromatic carbocycles. The van der Waals surface area contributed by atoms with Gasteiger partial charge < -0.3 is 9.80 Å². The molecule has 0 aromatic heterocycles. The van der Waals surface area contributed by atoms with Crippen LogP contribution in [0.1, 0.15) is 126 Å². The average Bonchev–Trinajstić information content (AvgIpc) is 1.59. The molecule has 14 rings (SSSR count). The lowest BCUT2D eigenvalue weighted by Gasteiger charge is -2.33. The van der Waals surface area contributed by atoms with Gasteiger partial charge in [-0.05, 0) is 211 Å². The van der Waals surface area contributed by atoms with E-state index in [0.717, 1.165) is 41.3 Å². The third-order valence-corrected chi connectivity index (χ3v) is 20.2. The number of hydrogen-bond acceptors (Lipinski definition) is 2. The first-order valence-corrected chi connectivity index (χ1v) is 34.8. The van der Waals surface area contributed by atoms with Crippen molar-refractivity contribution in [3.8, 4) is 77.9 Å². The largest absolute Gasteiger partial charge is 0.310 e. The van der Waals surface area contributed by atoms with Crippen molar-refractivity contribution in [1.29, 1.82) is 0 Å². The molecule has 2 aliphatic carbocycles. The zero-order chi connectivity index (χ0) is 62.8. The molecule has 0 N–H and O–H groups in total. The van der Waals surface area contributed by atoms with Gasteiger partial charge in [-0.1, -0.05) is 297 Å². The van der Waals surface area contributed by atoms with Gasteiger partial charge in [-0.15, -0.1) is 0 Å². The van der Waals surface area contributed by atoms with Gasteiger partial charge >= 0.3 is 0 Å². The van der Waals surface area contributed by atoms with Crippen molar-refractivity contribution in [1.82, 2.24) is 0 Å². The second-order valence-electron chi connectivity index (χ2n) is 26.1. The molecule has 0 aliphatic heterocycles. The van der Waals surface area contributed by atoms with Crippen LogP contribution >= 0.6 is 0 Å². The Morgan fingerprint density at radius 3 is 0.957 bits per heavy atom. The first kappa shape index (κ1) is 60.8. The number of nitrogens with zero attached hydrogens (tertiary/aromatic N) is 2. The normalized spacial score (nSPS) is 12.6. The summed E-state index contributed by atoms with van der Waals surface area (Å²) in [5, 5.41) is 0. The van der Waals surface area contributed by atoms with Crippen molar-refractivity contribution in [3.05, 3.63) is 313 Å². The lowest BCUT2D eigenvalue weighted by Crippen LogP contribution is -2.25. The Hall–Kier alpha value is -9.76. The minimum absolute atomic E-state index is 0.0484. The van der Waals surface area contributed by atoms with Crippen LogP contribution in [-0.2, 0) is 18.3 Å². The molecule has 0 saturated heterocycles. The van der Waals surface area contributed by atoms with Gasteiger partial charge in [-0.25, -0.2) is 0 Å². The monoisotopic (exact) mass is 1210 g/mol. The fraction of sp³-hybridized carbons (Fsp3) is 0.209. The summed E-state index contributed by atoms with van der Waals surface area (Å²) in [6.07, 6.45) is 20.2. The fourth-order valence-electron chi connectivity index (χ4n) is 15.0. The molecular weight excluding hydrogens is 1120 g/mol. The van der Waals surface area contributed by atoms with Crippen LogP contribution in [-0.4, -0.2) is 0 Å². The number of anilines is 6. The molecule has 0 radical (unpaired) electrons. The maximum atomic E-state index is 2.62. The maximum Gasteiger partial charge on any atom is 0.0468 e. The van der Waals surface area contributed by atoms with E-state index in [4.69, 9.17) is 0 Å². The summed E-state index contributed by atoms with van der Waals surface area (Å²) in [7, 11) is 0. The predicted octanol–water partition coefficient (Wildman–Crippen LogP) is 26.5. The van der Waals surface area contributed by atoms with Crippen molar-refractivity contribution in [2.75, 3.05) is 9.80 Å². The topological polar surface area (TPSA) is 6.48 Å². The Balaban J connectivity index is 0.817. The lowest BCUT2D eigenvalue weighted by atomic mass is 9.70. The fourth-order valence-corrected chi connectivity index (χ4v) is 15.0.